The van der Waals surface area contributed by atoms with E-state index in [2.05, 4.69) is 29.0 Å². The first-order chi connectivity index (χ1) is 9.90. The number of primary amides is 1. The molecular weight excluding hydrogens is 264 g/mol. The summed E-state index contributed by atoms with van der Waals surface area (Å²) in [6, 6.07) is 1.16. The van der Waals surface area contributed by atoms with Gasteiger partial charge in [-0.05, 0) is 53.0 Å². The van der Waals surface area contributed by atoms with E-state index in [9.17, 15) is 4.79 Å². The summed E-state index contributed by atoms with van der Waals surface area (Å²) in [6.45, 7) is 12.2. The number of hydrogen-bond acceptors (Lipinski definition) is 4. The Labute approximate surface area is 129 Å². The van der Waals surface area contributed by atoms with Gasteiger partial charge >= 0.3 is 0 Å². The van der Waals surface area contributed by atoms with Crippen molar-refractivity contribution in [3.63, 3.8) is 0 Å². The van der Waals surface area contributed by atoms with Crippen LogP contribution in [-0.4, -0.2) is 66.1 Å². The Morgan fingerprint density at radius 2 is 1.90 bits per heavy atom. The van der Waals surface area contributed by atoms with E-state index < -0.39 is 5.54 Å². The molecule has 3 N–H and O–H groups in total. The predicted octanol–water partition coefficient (Wildman–Crippen LogP) is 0.789. The number of rotatable bonds is 8. The number of nitrogens with two attached hydrogens (primary N) is 1. The van der Waals surface area contributed by atoms with E-state index in [0.29, 0.717) is 12.1 Å². The fourth-order valence-electron chi connectivity index (χ4n) is 3.10. The van der Waals surface area contributed by atoms with Crippen LogP contribution in [0.15, 0.2) is 0 Å². The van der Waals surface area contributed by atoms with Gasteiger partial charge in [-0.3, -0.25) is 9.69 Å². The molecule has 1 heterocycles. The molecule has 0 radical (unpaired) electrons. The van der Waals surface area contributed by atoms with Crippen LogP contribution in [0.3, 0.4) is 0 Å². The summed E-state index contributed by atoms with van der Waals surface area (Å²) >= 11 is 0. The van der Waals surface area contributed by atoms with E-state index in [-0.39, 0.29) is 5.91 Å². The van der Waals surface area contributed by atoms with Crippen molar-refractivity contribution in [2.75, 3.05) is 32.7 Å². The summed E-state index contributed by atoms with van der Waals surface area (Å²) in [6.07, 6.45) is 4.23. The molecule has 21 heavy (non-hydrogen) atoms. The van der Waals surface area contributed by atoms with Gasteiger partial charge in [-0.1, -0.05) is 0 Å². The van der Waals surface area contributed by atoms with Crippen LogP contribution in [0.4, 0.5) is 0 Å². The molecule has 0 spiro atoms. The highest BCUT2D eigenvalue weighted by Gasteiger charge is 2.36. The average Bonchev–Trinajstić information content (AvgIpc) is 3.23. The second-order valence-electron chi connectivity index (χ2n) is 7.19. The highest BCUT2D eigenvalue weighted by atomic mass is 16.1. The number of carbonyl (C=O) groups excluding carboxylic acids is 1. The number of nitrogens with zero attached hydrogens (tertiary/aromatic N) is 2. The normalized spacial score (nSPS) is 24.2. The summed E-state index contributed by atoms with van der Waals surface area (Å²) in [7, 11) is 0. The average molecular weight is 296 g/mol. The molecule has 1 aliphatic heterocycles. The van der Waals surface area contributed by atoms with Crippen molar-refractivity contribution in [2.45, 2.75) is 64.1 Å². The molecular formula is C16H32N4O. The lowest BCUT2D eigenvalue weighted by Gasteiger charge is -2.37. The first-order valence-electron chi connectivity index (χ1n) is 8.45. The monoisotopic (exact) mass is 296 g/mol. The highest BCUT2D eigenvalue weighted by molar-refractivity contribution is 5.84. The zero-order valence-corrected chi connectivity index (χ0v) is 13.9. The first-order valence-corrected chi connectivity index (χ1v) is 8.45. The highest BCUT2D eigenvalue weighted by Crippen LogP contribution is 2.24. The largest absolute Gasteiger partial charge is 0.368 e. The van der Waals surface area contributed by atoms with E-state index >= 15 is 0 Å². The quantitative estimate of drug-likeness (QED) is 0.695. The van der Waals surface area contributed by atoms with Crippen LogP contribution in [0.25, 0.3) is 0 Å². The van der Waals surface area contributed by atoms with Crippen LogP contribution in [0.1, 0.15) is 46.5 Å². The third-order valence-corrected chi connectivity index (χ3v) is 4.93. The maximum absolute atomic E-state index is 11.7. The minimum absolute atomic E-state index is 0.209. The smallest absolute Gasteiger partial charge is 0.237 e. The van der Waals surface area contributed by atoms with Gasteiger partial charge in [0.1, 0.15) is 0 Å². The van der Waals surface area contributed by atoms with Gasteiger partial charge in [-0.2, -0.15) is 0 Å². The lowest BCUT2D eigenvalue weighted by Crippen LogP contribution is -2.54. The van der Waals surface area contributed by atoms with Gasteiger partial charge in [-0.15, -0.1) is 0 Å². The molecule has 2 rings (SSSR count). The Morgan fingerprint density at radius 1 is 1.29 bits per heavy atom. The van der Waals surface area contributed by atoms with Gasteiger partial charge in [0.2, 0.25) is 5.91 Å². The van der Waals surface area contributed by atoms with Crippen molar-refractivity contribution in [3.05, 3.63) is 0 Å². The van der Waals surface area contributed by atoms with Crippen LogP contribution in [0.5, 0.6) is 0 Å². The minimum Gasteiger partial charge on any atom is -0.368 e. The maximum Gasteiger partial charge on any atom is 0.237 e. The topological polar surface area (TPSA) is 61.6 Å². The first kappa shape index (κ1) is 16.7. The van der Waals surface area contributed by atoms with Crippen LogP contribution in [0.2, 0.25) is 0 Å². The summed E-state index contributed by atoms with van der Waals surface area (Å²) in [4.78, 5) is 16.8. The zero-order valence-electron chi connectivity index (χ0n) is 13.9. The van der Waals surface area contributed by atoms with Crippen molar-refractivity contribution in [3.8, 4) is 0 Å². The lowest BCUT2D eigenvalue weighted by atomic mass is 9.94. The van der Waals surface area contributed by atoms with Crippen LogP contribution in [0, 0.1) is 0 Å². The Bertz CT molecular complexity index is 348. The van der Waals surface area contributed by atoms with Crippen molar-refractivity contribution >= 4 is 5.91 Å². The van der Waals surface area contributed by atoms with Gasteiger partial charge in [-0.25, -0.2) is 0 Å². The molecule has 5 heteroatoms. The van der Waals surface area contributed by atoms with Crippen molar-refractivity contribution in [2.24, 2.45) is 5.73 Å². The number of nitrogens with one attached hydrogen (secondary N) is 1. The molecule has 5 nitrogen and oxygen atoms in total. The van der Waals surface area contributed by atoms with Crippen molar-refractivity contribution in [1.29, 1.82) is 0 Å². The molecule has 0 bridgehead atoms. The molecule has 1 atom stereocenters. The summed E-state index contributed by atoms with van der Waals surface area (Å²) in [5.74, 6) is -0.209. The maximum atomic E-state index is 11.7. The SMILES string of the molecule is CC(C)N1CCN(CCCC(C)(NC2CC2)C(N)=O)CC1. The fourth-order valence-corrected chi connectivity index (χ4v) is 3.10. The Hall–Kier alpha value is -0.650. The number of hydrogen-bond donors (Lipinski definition) is 2. The van der Waals surface area contributed by atoms with Crippen LogP contribution >= 0.6 is 0 Å². The summed E-state index contributed by atoms with van der Waals surface area (Å²) in [5, 5.41) is 3.43. The summed E-state index contributed by atoms with van der Waals surface area (Å²) < 4.78 is 0. The van der Waals surface area contributed by atoms with E-state index in [1.807, 2.05) is 6.92 Å². The second kappa shape index (κ2) is 7.07. The van der Waals surface area contributed by atoms with Gasteiger partial charge < -0.3 is 16.0 Å². The van der Waals surface area contributed by atoms with E-state index in [0.717, 1.165) is 45.6 Å². The van der Waals surface area contributed by atoms with Gasteiger partial charge in [0, 0.05) is 38.3 Å². The molecule has 1 amide bonds. The van der Waals surface area contributed by atoms with Crippen molar-refractivity contribution < 1.29 is 4.79 Å². The van der Waals surface area contributed by atoms with Crippen LogP contribution < -0.4 is 11.1 Å². The number of piperazine rings is 1. The van der Waals surface area contributed by atoms with E-state index in [4.69, 9.17) is 5.73 Å². The molecule has 1 saturated heterocycles. The molecule has 2 aliphatic rings. The van der Waals surface area contributed by atoms with Gasteiger partial charge in [0.25, 0.3) is 0 Å². The molecule has 2 fully saturated rings. The summed E-state index contributed by atoms with van der Waals surface area (Å²) in [5.41, 5.74) is 5.07. The van der Waals surface area contributed by atoms with Crippen molar-refractivity contribution in [1.82, 2.24) is 15.1 Å². The second-order valence-corrected chi connectivity index (χ2v) is 7.19. The molecule has 1 unspecified atom stereocenters. The number of carbonyl (C=O) groups is 1. The Balaban J connectivity index is 1.69. The molecule has 0 aromatic carbocycles. The van der Waals surface area contributed by atoms with E-state index in [1.165, 1.54) is 12.8 Å². The molecule has 0 aromatic rings. The molecule has 0 aromatic heterocycles. The Morgan fingerprint density at radius 3 is 2.38 bits per heavy atom. The predicted molar refractivity (Wildman–Crippen MR) is 86.1 cm³/mol. The number of amides is 1. The van der Waals surface area contributed by atoms with Gasteiger partial charge in [0.05, 0.1) is 5.54 Å². The van der Waals surface area contributed by atoms with E-state index in [1.54, 1.807) is 0 Å². The third-order valence-electron chi connectivity index (χ3n) is 4.93. The van der Waals surface area contributed by atoms with Gasteiger partial charge in [0.15, 0.2) is 0 Å². The zero-order chi connectivity index (χ0) is 15.5. The fraction of sp³-hybridized carbons (Fsp3) is 0.938. The minimum atomic E-state index is -0.527. The van der Waals surface area contributed by atoms with Crippen LogP contribution in [-0.2, 0) is 4.79 Å². The standard InChI is InChI=1S/C16H32N4O/c1-13(2)20-11-9-19(10-12-20)8-4-7-16(3,15(17)21)18-14-5-6-14/h13-14,18H,4-12H2,1-3H3,(H2,17,21). The lowest BCUT2D eigenvalue weighted by molar-refractivity contribution is -0.124. The molecule has 122 valence electrons. The molecule has 1 saturated carbocycles. The Kier molecular flexibility index (Phi) is 5.63. The molecule has 1 aliphatic carbocycles. The third kappa shape index (κ3) is 4.94.